The molecule has 24 heavy (non-hydrogen) atoms. The van der Waals surface area contributed by atoms with Gasteiger partial charge < -0.3 is 14.4 Å². The molecule has 1 N–H and O–H groups in total. The number of nitrogens with zero attached hydrogens (tertiary/aromatic N) is 1. The Bertz CT molecular complexity index is 980. The molecule has 4 nitrogen and oxygen atoms in total. The summed E-state index contributed by atoms with van der Waals surface area (Å²) in [6.07, 6.45) is 1.37. The van der Waals surface area contributed by atoms with Crippen LogP contribution in [0.25, 0.3) is 22.1 Å². The van der Waals surface area contributed by atoms with Crippen LogP contribution < -0.4 is 5.43 Å². The van der Waals surface area contributed by atoms with Crippen molar-refractivity contribution in [3.8, 4) is 16.9 Å². The lowest BCUT2D eigenvalue weighted by Gasteiger charge is -2.13. The number of aromatic hydroxyl groups is 1. The first-order valence-corrected chi connectivity index (χ1v) is 8.00. The zero-order valence-corrected chi connectivity index (χ0v) is 14.6. The molecule has 0 saturated carbocycles. The molecule has 0 aliphatic rings. The van der Waals surface area contributed by atoms with E-state index in [1.54, 1.807) is 24.3 Å². The second-order valence-corrected chi connectivity index (χ2v) is 6.62. The van der Waals surface area contributed by atoms with Crippen molar-refractivity contribution < 1.29 is 9.52 Å². The highest BCUT2D eigenvalue weighted by atomic mass is 35.5. The van der Waals surface area contributed by atoms with E-state index in [0.29, 0.717) is 44.2 Å². The third kappa shape index (κ3) is 3.00. The van der Waals surface area contributed by atoms with Crippen LogP contribution in [-0.4, -0.2) is 24.1 Å². The van der Waals surface area contributed by atoms with E-state index < -0.39 is 0 Å². The Hall–Kier alpha value is -2.01. The minimum atomic E-state index is -0.208. The number of hydrogen-bond donors (Lipinski definition) is 1. The van der Waals surface area contributed by atoms with Gasteiger partial charge in [-0.25, -0.2) is 0 Å². The molecule has 3 aromatic rings. The average Bonchev–Trinajstić information content (AvgIpc) is 2.51. The molecular weight excluding hydrogens is 349 g/mol. The van der Waals surface area contributed by atoms with E-state index in [1.165, 1.54) is 12.3 Å². The first-order chi connectivity index (χ1) is 11.4. The monoisotopic (exact) mass is 363 g/mol. The van der Waals surface area contributed by atoms with Crippen LogP contribution in [0.2, 0.25) is 10.0 Å². The molecule has 1 heterocycles. The Morgan fingerprint density at radius 2 is 1.88 bits per heavy atom. The molecule has 0 amide bonds. The van der Waals surface area contributed by atoms with Gasteiger partial charge in [-0.1, -0.05) is 29.3 Å². The van der Waals surface area contributed by atoms with Crippen LogP contribution >= 0.6 is 23.2 Å². The van der Waals surface area contributed by atoms with E-state index in [0.717, 1.165) is 0 Å². The molecule has 1 aromatic heterocycles. The summed E-state index contributed by atoms with van der Waals surface area (Å²) in [5.41, 5.74) is 1.65. The highest BCUT2D eigenvalue weighted by Gasteiger charge is 2.16. The van der Waals surface area contributed by atoms with Crippen molar-refractivity contribution in [3.63, 3.8) is 0 Å². The van der Waals surface area contributed by atoms with Gasteiger partial charge in [0, 0.05) is 17.1 Å². The van der Waals surface area contributed by atoms with Gasteiger partial charge in [0.1, 0.15) is 17.6 Å². The molecule has 0 spiro atoms. The molecule has 0 saturated heterocycles. The summed E-state index contributed by atoms with van der Waals surface area (Å²) < 4.78 is 5.70. The lowest BCUT2D eigenvalue weighted by Crippen LogP contribution is -2.12. The molecule has 0 radical (unpaired) electrons. The van der Waals surface area contributed by atoms with Gasteiger partial charge >= 0.3 is 0 Å². The minimum absolute atomic E-state index is 0.0941. The number of hydrogen-bond acceptors (Lipinski definition) is 4. The Morgan fingerprint density at radius 3 is 2.54 bits per heavy atom. The largest absolute Gasteiger partial charge is 0.507 e. The molecular formula is C18H15Cl2NO3. The molecule has 6 heteroatoms. The van der Waals surface area contributed by atoms with Crippen LogP contribution in [0.15, 0.2) is 45.8 Å². The first kappa shape index (κ1) is 16.8. The smallest absolute Gasteiger partial charge is 0.200 e. The van der Waals surface area contributed by atoms with Gasteiger partial charge in [-0.3, -0.25) is 4.79 Å². The molecule has 0 atom stereocenters. The maximum atomic E-state index is 12.9. The zero-order valence-electron chi connectivity index (χ0n) is 13.1. The quantitative estimate of drug-likeness (QED) is 0.742. The molecule has 0 aliphatic carbocycles. The van der Waals surface area contributed by atoms with E-state index in [2.05, 4.69) is 0 Å². The van der Waals surface area contributed by atoms with Crippen molar-refractivity contribution in [1.29, 1.82) is 0 Å². The van der Waals surface area contributed by atoms with Crippen LogP contribution in [0.4, 0.5) is 0 Å². The summed E-state index contributed by atoms with van der Waals surface area (Å²) in [6.45, 7) is 0.452. The normalized spacial score (nSPS) is 11.4. The van der Waals surface area contributed by atoms with Crippen molar-refractivity contribution in [2.24, 2.45) is 0 Å². The van der Waals surface area contributed by atoms with E-state index in [1.807, 2.05) is 19.0 Å². The first-order valence-electron chi connectivity index (χ1n) is 7.25. The van der Waals surface area contributed by atoms with E-state index >= 15 is 0 Å². The summed E-state index contributed by atoms with van der Waals surface area (Å²) in [4.78, 5) is 14.8. The standard InChI is InChI=1S/C18H15Cl2NO3/c1-21(2)8-13-16(22)6-5-12-17(23)14(9-24-18(12)13)11-4-3-10(19)7-15(11)20/h3-7,9,22H,8H2,1-2H3. The second-order valence-electron chi connectivity index (χ2n) is 5.78. The van der Waals surface area contributed by atoms with Gasteiger partial charge in [-0.15, -0.1) is 0 Å². The molecule has 0 aliphatic heterocycles. The zero-order chi connectivity index (χ0) is 17.4. The van der Waals surface area contributed by atoms with Crippen molar-refractivity contribution in [1.82, 2.24) is 4.90 Å². The van der Waals surface area contributed by atoms with Crippen LogP contribution in [0.5, 0.6) is 5.75 Å². The Labute approximate surface area is 148 Å². The lowest BCUT2D eigenvalue weighted by molar-refractivity contribution is 0.384. The Balaban J connectivity index is 2.26. The summed E-state index contributed by atoms with van der Waals surface area (Å²) in [7, 11) is 3.75. The SMILES string of the molecule is CN(C)Cc1c(O)ccc2c(=O)c(-c3ccc(Cl)cc3Cl)coc12. The topological polar surface area (TPSA) is 53.7 Å². The second kappa shape index (κ2) is 6.48. The third-order valence-electron chi connectivity index (χ3n) is 3.72. The minimum Gasteiger partial charge on any atom is -0.507 e. The fourth-order valence-corrected chi connectivity index (χ4v) is 3.12. The summed E-state index contributed by atoms with van der Waals surface area (Å²) in [5.74, 6) is 0.0941. The molecule has 124 valence electrons. The molecule has 2 aromatic carbocycles. The number of benzene rings is 2. The van der Waals surface area contributed by atoms with E-state index in [9.17, 15) is 9.90 Å². The summed E-state index contributed by atoms with van der Waals surface area (Å²) in [5, 5.41) is 11.4. The molecule has 0 bridgehead atoms. The molecule has 3 rings (SSSR count). The summed E-state index contributed by atoms with van der Waals surface area (Å²) in [6, 6.07) is 8.00. The fourth-order valence-electron chi connectivity index (χ4n) is 2.61. The number of phenols is 1. The number of rotatable bonds is 3. The van der Waals surface area contributed by atoms with Crippen LogP contribution in [-0.2, 0) is 6.54 Å². The predicted molar refractivity (Wildman–Crippen MR) is 97.0 cm³/mol. The van der Waals surface area contributed by atoms with E-state index in [-0.39, 0.29) is 11.2 Å². The van der Waals surface area contributed by atoms with Gasteiger partial charge in [-0.2, -0.15) is 0 Å². The average molecular weight is 364 g/mol. The Kier molecular flexibility index (Phi) is 4.54. The lowest BCUT2D eigenvalue weighted by atomic mass is 10.0. The maximum absolute atomic E-state index is 12.9. The van der Waals surface area contributed by atoms with Crippen LogP contribution in [0.3, 0.4) is 0 Å². The number of phenolic OH excluding ortho intramolecular Hbond substituents is 1. The van der Waals surface area contributed by atoms with Gasteiger partial charge in [0.05, 0.1) is 21.5 Å². The highest BCUT2D eigenvalue weighted by Crippen LogP contribution is 2.32. The Morgan fingerprint density at radius 1 is 1.12 bits per heavy atom. The van der Waals surface area contributed by atoms with E-state index in [4.69, 9.17) is 27.6 Å². The number of fused-ring (bicyclic) bond motifs is 1. The number of halogens is 2. The van der Waals surface area contributed by atoms with Gasteiger partial charge in [0.25, 0.3) is 0 Å². The third-order valence-corrected chi connectivity index (χ3v) is 4.26. The molecule has 0 unspecified atom stereocenters. The van der Waals surface area contributed by atoms with Crippen LogP contribution in [0, 0.1) is 0 Å². The van der Waals surface area contributed by atoms with Crippen molar-refractivity contribution >= 4 is 34.2 Å². The maximum Gasteiger partial charge on any atom is 0.200 e. The van der Waals surface area contributed by atoms with Gasteiger partial charge in [0.2, 0.25) is 5.43 Å². The summed E-state index contributed by atoms with van der Waals surface area (Å²) >= 11 is 12.1. The highest BCUT2D eigenvalue weighted by molar-refractivity contribution is 6.36. The van der Waals surface area contributed by atoms with Crippen molar-refractivity contribution in [2.45, 2.75) is 6.54 Å². The van der Waals surface area contributed by atoms with Crippen molar-refractivity contribution in [3.05, 3.63) is 62.4 Å². The van der Waals surface area contributed by atoms with Gasteiger partial charge in [0.15, 0.2) is 0 Å². The van der Waals surface area contributed by atoms with Gasteiger partial charge in [-0.05, 0) is 38.4 Å². The van der Waals surface area contributed by atoms with Crippen molar-refractivity contribution in [2.75, 3.05) is 14.1 Å². The van der Waals surface area contributed by atoms with Crippen LogP contribution in [0.1, 0.15) is 5.56 Å². The molecule has 0 fully saturated rings. The fraction of sp³-hybridized carbons (Fsp3) is 0.167. The predicted octanol–water partition coefficient (Wildman–Crippen LogP) is 4.53.